The van der Waals surface area contributed by atoms with Crippen LogP contribution in [0.25, 0.3) is 5.69 Å². The normalized spacial score (nSPS) is 14.9. The highest BCUT2D eigenvalue weighted by molar-refractivity contribution is 7.89. The van der Waals surface area contributed by atoms with Crippen LogP contribution in [-0.2, 0) is 23.0 Å². The van der Waals surface area contributed by atoms with Crippen LogP contribution in [-0.4, -0.2) is 29.0 Å². The molecule has 0 amide bonds. The summed E-state index contributed by atoms with van der Waals surface area (Å²) in [6.07, 6.45) is 0.481. The Balaban J connectivity index is 1.72. The molecule has 0 fully saturated rings. The number of rotatable bonds is 3. The van der Waals surface area contributed by atoms with Gasteiger partial charge in [0, 0.05) is 25.2 Å². The molecule has 1 aliphatic heterocycles. The van der Waals surface area contributed by atoms with Crippen LogP contribution in [0.5, 0.6) is 0 Å². The average molecular weight is 383 g/mol. The first-order valence-corrected chi connectivity index (χ1v) is 10.3. The van der Waals surface area contributed by atoms with E-state index in [4.69, 9.17) is 0 Å². The van der Waals surface area contributed by atoms with E-state index in [9.17, 15) is 13.2 Å². The van der Waals surface area contributed by atoms with Crippen molar-refractivity contribution >= 4 is 10.0 Å². The minimum atomic E-state index is -3.66. The summed E-state index contributed by atoms with van der Waals surface area (Å²) in [7, 11) is -3.66. The van der Waals surface area contributed by atoms with Gasteiger partial charge in [-0.25, -0.2) is 13.1 Å². The smallest absolute Gasteiger partial charge is 0.276 e. The molecule has 0 saturated heterocycles. The van der Waals surface area contributed by atoms with Gasteiger partial charge in [-0.3, -0.25) is 9.89 Å². The topological polar surface area (TPSA) is 75.2 Å². The Morgan fingerprint density at radius 1 is 1.04 bits per heavy atom. The standard InChI is InChI=1S/C20H21N3O3S/c1-14-8-9-15(2)19(12-14)27(25,26)22-11-10-18-17(13-22)20(24)23(21-18)16-6-4-3-5-7-16/h3-9,12,21H,10-11,13H2,1-2H3. The fourth-order valence-electron chi connectivity index (χ4n) is 3.47. The summed E-state index contributed by atoms with van der Waals surface area (Å²) in [5.74, 6) is 0. The van der Waals surface area contributed by atoms with Crippen molar-refractivity contribution in [2.75, 3.05) is 6.54 Å². The highest BCUT2D eigenvalue weighted by atomic mass is 32.2. The predicted octanol–water partition coefficient (Wildman–Crippen LogP) is 2.53. The summed E-state index contributed by atoms with van der Waals surface area (Å²) >= 11 is 0. The van der Waals surface area contributed by atoms with Crippen LogP contribution in [0.15, 0.2) is 58.2 Å². The summed E-state index contributed by atoms with van der Waals surface area (Å²) in [6.45, 7) is 4.09. The maximum Gasteiger partial charge on any atom is 0.276 e. The van der Waals surface area contributed by atoms with Crippen LogP contribution >= 0.6 is 0 Å². The second-order valence-corrected chi connectivity index (χ2v) is 8.81. The Hall–Kier alpha value is -2.64. The number of H-pyrrole nitrogens is 1. The average Bonchev–Trinajstić information content (AvgIpc) is 3.00. The molecule has 2 aromatic carbocycles. The largest absolute Gasteiger partial charge is 0.295 e. The molecule has 1 aromatic heterocycles. The van der Waals surface area contributed by atoms with Crippen molar-refractivity contribution in [2.24, 2.45) is 0 Å². The maximum absolute atomic E-state index is 13.2. The monoisotopic (exact) mass is 383 g/mol. The fourth-order valence-corrected chi connectivity index (χ4v) is 5.19. The second kappa shape index (κ2) is 6.51. The van der Waals surface area contributed by atoms with Gasteiger partial charge >= 0.3 is 0 Å². The third-order valence-corrected chi connectivity index (χ3v) is 6.98. The minimum absolute atomic E-state index is 0.0835. The molecule has 0 radical (unpaired) electrons. The molecule has 7 heteroatoms. The summed E-state index contributed by atoms with van der Waals surface area (Å²) in [6, 6.07) is 14.7. The number of aromatic amines is 1. The van der Waals surface area contributed by atoms with Gasteiger partial charge in [0.25, 0.3) is 5.56 Å². The molecule has 0 aliphatic carbocycles. The quantitative estimate of drug-likeness (QED) is 0.755. The van der Waals surface area contributed by atoms with Crippen LogP contribution < -0.4 is 5.56 Å². The van der Waals surface area contributed by atoms with Gasteiger partial charge in [0.2, 0.25) is 10.0 Å². The lowest BCUT2D eigenvalue weighted by Crippen LogP contribution is -2.37. The zero-order chi connectivity index (χ0) is 19.2. The Kier molecular flexibility index (Phi) is 4.28. The van der Waals surface area contributed by atoms with Crippen molar-refractivity contribution in [3.63, 3.8) is 0 Å². The number of aryl methyl sites for hydroxylation is 2. The van der Waals surface area contributed by atoms with Crippen molar-refractivity contribution < 1.29 is 8.42 Å². The van der Waals surface area contributed by atoms with E-state index >= 15 is 0 Å². The zero-order valence-electron chi connectivity index (χ0n) is 15.3. The molecule has 0 spiro atoms. The molecule has 2 heterocycles. The molecule has 0 unspecified atom stereocenters. The van der Waals surface area contributed by atoms with Crippen LogP contribution in [0.2, 0.25) is 0 Å². The number of aromatic nitrogens is 2. The summed E-state index contributed by atoms with van der Waals surface area (Å²) in [4.78, 5) is 13.2. The molecule has 1 aliphatic rings. The van der Waals surface area contributed by atoms with E-state index in [0.717, 1.165) is 16.9 Å². The van der Waals surface area contributed by atoms with Gasteiger partial charge in [-0.05, 0) is 43.2 Å². The van der Waals surface area contributed by atoms with E-state index in [1.165, 1.54) is 8.99 Å². The molecule has 27 heavy (non-hydrogen) atoms. The van der Waals surface area contributed by atoms with Crippen LogP contribution in [0.1, 0.15) is 22.4 Å². The molecule has 3 aromatic rings. The number of fused-ring (bicyclic) bond motifs is 1. The number of hydrogen-bond donors (Lipinski definition) is 1. The Morgan fingerprint density at radius 3 is 2.52 bits per heavy atom. The van der Waals surface area contributed by atoms with Crippen LogP contribution in [0.4, 0.5) is 0 Å². The lowest BCUT2D eigenvalue weighted by atomic mass is 10.1. The Bertz CT molecular complexity index is 1160. The molecule has 0 atom stereocenters. The van der Waals surface area contributed by atoms with Crippen molar-refractivity contribution in [3.05, 3.63) is 81.3 Å². The first-order valence-electron chi connectivity index (χ1n) is 8.83. The van der Waals surface area contributed by atoms with Crippen molar-refractivity contribution in [1.82, 2.24) is 14.1 Å². The number of para-hydroxylation sites is 1. The number of sulfonamides is 1. The number of nitrogens with one attached hydrogen (secondary N) is 1. The minimum Gasteiger partial charge on any atom is -0.295 e. The first kappa shape index (κ1) is 17.8. The van der Waals surface area contributed by atoms with Gasteiger partial charge in [0.15, 0.2) is 0 Å². The van der Waals surface area contributed by atoms with Crippen LogP contribution in [0, 0.1) is 13.8 Å². The highest BCUT2D eigenvalue weighted by Gasteiger charge is 2.32. The molecular formula is C20H21N3O3S. The van der Waals surface area contributed by atoms with E-state index < -0.39 is 10.0 Å². The van der Waals surface area contributed by atoms with Crippen molar-refractivity contribution in [2.45, 2.75) is 31.7 Å². The predicted molar refractivity (Wildman–Crippen MR) is 104 cm³/mol. The third-order valence-electron chi connectivity index (χ3n) is 4.99. The van der Waals surface area contributed by atoms with Gasteiger partial charge < -0.3 is 0 Å². The van der Waals surface area contributed by atoms with E-state index in [0.29, 0.717) is 29.0 Å². The van der Waals surface area contributed by atoms with E-state index in [2.05, 4.69) is 5.10 Å². The third kappa shape index (κ3) is 3.02. The fraction of sp³-hybridized carbons (Fsp3) is 0.250. The lowest BCUT2D eigenvalue weighted by Gasteiger charge is -2.26. The molecule has 0 saturated carbocycles. The van der Waals surface area contributed by atoms with E-state index in [1.54, 1.807) is 13.0 Å². The number of nitrogens with zero attached hydrogens (tertiary/aromatic N) is 2. The van der Waals surface area contributed by atoms with Gasteiger partial charge in [0.1, 0.15) is 0 Å². The van der Waals surface area contributed by atoms with Gasteiger partial charge in [-0.15, -0.1) is 0 Å². The summed E-state index contributed by atoms with van der Waals surface area (Å²) < 4.78 is 29.2. The molecule has 4 rings (SSSR count). The van der Waals surface area contributed by atoms with E-state index in [1.807, 2.05) is 49.4 Å². The summed E-state index contributed by atoms with van der Waals surface area (Å²) in [5, 5.41) is 3.13. The Morgan fingerprint density at radius 2 is 1.78 bits per heavy atom. The SMILES string of the molecule is Cc1ccc(C)c(S(=O)(=O)N2CCc3[nH]n(-c4ccccc4)c(=O)c3C2)c1. The van der Waals surface area contributed by atoms with Crippen LogP contribution in [0.3, 0.4) is 0 Å². The van der Waals surface area contributed by atoms with E-state index in [-0.39, 0.29) is 12.1 Å². The highest BCUT2D eigenvalue weighted by Crippen LogP contribution is 2.26. The molecule has 6 nitrogen and oxygen atoms in total. The maximum atomic E-state index is 13.2. The first-order chi connectivity index (χ1) is 12.9. The molecule has 0 bridgehead atoms. The molecular weight excluding hydrogens is 362 g/mol. The number of hydrogen-bond acceptors (Lipinski definition) is 3. The van der Waals surface area contributed by atoms with Crippen molar-refractivity contribution in [3.8, 4) is 5.69 Å². The Labute approximate surface area is 158 Å². The van der Waals surface area contributed by atoms with Gasteiger partial charge in [-0.2, -0.15) is 4.31 Å². The second-order valence-electron chi connectivity index (χ2n) is 6.90. The lowest BCUT2D eigenvalue weighted by molar-refractivity contribution is 0.388. The number of benzene rings is 2. The summed E-state index contributed by atoms with van der Waals surface area (Å²) in [5.41, 5.74) is 3.46. The molecule has 140 valence electrons. The molecule has 1 N–H and O–H groups in total. The zero-order valence-corrected chi connectivity index (χ0v) is 16.1. The van der Waals surface area contributed by atoms with Gasteiger partial charge in [-0.1, -0.05) is 30.3 Å². The van der Waals surface area contributed by atoms with Gasteiger partial charge in [0.05, 0.1) is 16.1 Å². The van der Waals surface area contributed by atoms with Crippen molar-refractivity contribution in [1.29, 1.82) is 0 Å².